The number of anilines is 1. The largest absolute Gasteiger partial charge is 0.369 e. The van der Waals surface area contributed by atoms with E-state index in [1.807, 2.05) is 0 Å². The van der Waals surface area contributed by atoms with Crippen LogP contribution in [0, 0.1) is 0 Å². The number of ether oxygens (including phenoxy) is 1. The van der Waals surface area contributed by atoms with Crippen LogP contribution in [-0.2, 0) is 11.5 Å². The number of hydrogen-bond donors (Lipinski definition) is 3. The summed E-state index contributed by atoms with van der Waals surface area (Å²) in [6.45, 7) is 1.28. The third-order valence-corrected chi connectivity index (χ3v) is 2.04. The van der Waals surface area contributed by atoms with Crippen molar-refractivity contribution in [3.63, 3.8) is 0 Å². The van der Waals surface area contributed by atoms with Gasteiger partial charge in [-0.05, 0) is 6.92 Å². The van der Waals surface area contributed by atoms with Crippen molar-refractivity contribution in [3.8, 4) is 0 Å². The zero-order valence-electron chi connectivity index (χ0n) is 8.54. The lowest BCUT2D eigenvalue weighted by Gasteiger charge is -2.10. The first-order chi connectivity index (χ1) is 7.59. The van der Waals surface area contributed by atoms with Gasteiger partial charge >= 0.3 is 0 Å². The Labute approximate surface area is 89.7 Å². The van der Waals surface area contributed by atoms with Crippen molar-refractivity contribution >= 4 is 17.0 Å². The topological polar surface area (TPSA) is 119 Å². The van der Waals surface area contributed by atoms with Crippen LogP contribution in [0.2, 0.25) is 0 Å². The molecule has 0 spiro atoms. The fourth-order valence-electron chi connectivity index (χ4n) is 1.25. The van der Waals surface area contributed by atoms with E-state index in [2.05, 4.69) is 15.2 Å². The number of aromatic amines is 1. The fourth-order valence-corrected chi connectivity index (χ4v) is 1.25. The van der Waals surface area contributed by atoms with Gasteiger partial charge in [0.2, 0.25) is 5.95 Å². The van der Waals surface area contributed by atoms with Gasteiger partial charge in [0.25, 0.3) is 5.56 Å². The van der Waals surface area contributed by atoms with E-state index in [1.165, 1.54) is 13.1 Å². The molecule has 0 saturated carbocycles. The van der Waals surface area contributed by atoms with Crippen molar-refractivity contribution < 1.29 is 9.84 Å². The second kappa shape index (κ2) is 3.91. The number of nitrogen functional groups attached to an aromatic ring is 1. The molecule has 8 nitrogen and oxygen atoms in total. The van der Waals surface area contributed by atoms with E-state index >= 15 is 0 Å². The number of nitrogens with two attached hydrogens (primary N) is 1. The van der Waals surface area contributed by atoms with Crippen LogP contribution in [0.1, 0.15) is 6.92 Å². The van der Waals surface area contributed by atoms with Gasteiger partial charge in [-0.25, -0.2) is 0 Å². The molecule has 16 heavy (non-hydrogen) atoms. The Hall–Kier alpha value is -1.93. The number of H-pyrrole nitrogens is 1. The fraction of sp³-hybridized carbons (Fsp3) is 0.375. The van der Waals surface area contributed by atoms with Crippen molar-refractivity contribution in [2.75, 3.05) is 5.73 Å². The Morgan fingerprint density at radius 3 is 3.19 bits per heavy atom. The van der Waals surface area contributed by atoms with Crippen LogP contribution in [0.25, 0.3) is 11.0 Å². The predicted octanol–water partition coefficient (Wildman–Crippen LogP) is -0.986. The molecule has 2 heterocycles. The van der Waals surface area contributed by atoms with Gasteiger partial charge < -0.3 is 15.6 Å². The van der Waals surface area contributed by atoms with Gasteiger partial charge in [0.15, 0.2) is 11.9 Å². The Morgan fingerprint density at radius 2 is 2.50 bits per heavy atom. The summed E-state index contributed by atoms with van der Waals surface area (Å²) in [4.78, 5) is 15.8. The Bertz CT molecular complexity index is 558. The highest BCUT2D eigenvalue weighted by Crippen LogP contribution is 2.05. The van der Waals surface area contributed by atoms with Crippen LogP contribution < -0.4 is 11.3 Å². The van der Waals surface area contributed by atoms with Gasteiger partial charge in [0.1, 0.15) is 12.1 Å². The van der Waals surface area contributed by atoms with Gasteiger partial charge in [0.05, 0.1) is 6.20 Å². The maximum Gasteiger partial charge on any atom is 0.267 e. The second-order valence-corrected chi connectivity index (χ2v) is 3.23. The summed E-state index contributed by atoms with van der Waals surface area (Å²) in [6.07, 6.45) is 0.384. The summed E-state index contributed by atoms with van der Waals surface area (Å²) in [5.74, 6) is 0.00222. The lowest BCUT2D eigenvalue weighted by molar-refractivity contribution is -0.112. The van der Waals surface area contributed by atoms with Crippen molar-refractivity contribution in [1.29, 1.82) is 0 Å². The van der Waals surface area contributed by atoms with Crippen LogP contribution in [-0.4, -0.2) is 31.1 Å². The first-order valence-corrected chi connectivity index (χ1v) is 4.58. The van der Waals surface area contributed by atoms with E-state index in [4.69, 9.17) is 15.6 Å². The SMILES string of the molecule is CC(O)OCn1c(N)nc2[nH]ncc2c1=O. The highest BCUT2D eigenvalue weighted by atomic mass is 16.6. The normalized spacial score (nSPS) is 13.1. The van der Waals surface area contributed by atoms with Gasteiger partial charge in [-0.15, -0.1) is 0 Å². The molecule has 0 aliphatic rings. The van der Waals surface area contributed by atoms with Crippen molar-refractivity contribution in [3.05, 3.63) is 16.6 Å². The van der Waals surface area contributed by atoms with Crippen molar-refractivity contribution in [2.45, 2.75) is 19.9 Å². The zero-order valence-corrected chi connectivity index (χ0v) is 8.54. The minimum absolute atomic E-state index is 0.00222. The summed E-state index contributed by atoms with van der Waals surface area (Å²) in [6, 6.07) is 0. The molecular weight excluding hydrogens is 214 g/mol. The highest BCUT2D eigenvalue weighted by molar-refractivity contribution is 5.73. The van der Waals surface area contributed by atoms with E-state index in [-0.39, 0.29) is 18.2 Å². The number of hydrogen-bond acceptors (Lipinski definition) is 6. The minimum Gasteiger partial charge on any atom is -0.369 e. The number of aliphatic hydroxyl groups excluding tert-OH is 1. The predicted molar refractivity (Wildman–Crippen MR) is 55.3 cm³/mol. The molecule has 0 saturated heterocycles. The number of aliphatic hydroxyl groups is 1. The van der Waals surface area contributed by atoms with E-state index in [1.54, 1.807) is 0 Å². The standard InChI is InChI=1S/C8H11N5O3/c1-4(14)16-3-13-7(15)5-2-10-12-6(5)11-8(13)9/h2,4,14H,3H2,1H3,(H3,9,10,11,12). The zero-order chi connectivity index (χ0) is 11.7. The average molecular weight is 225 g/mol. The monoisotopic (exact) mass is 225 g/mol. The van der Waals surface area contributed by atoms with Crippen LogP contribution in [0.3, 0.4) is 0 Å². The van der Waals surface area contributed by atoms with Gasteiger partial charge in [0, 0.05) is 0 Å². The lowest BCUT2D eigenvalue weighted by atomic mass is 10.4. The molecule has 8 heteroatoms. The van der Waals surface area contributed by atoms with E-state index in [0.717, 1.165) is 4.57 Å². The number of fused-ring (bicyclic) bond motifs is 1. The van der Waals surface area contributed by atoms with Gasteiger partial charge in [-0.2, -0.15) is 10.1 Å². The average Bonchev–Trinajstić information content (AvgIpc) is 2.64. The summed E-state index contributed by atoms with van der Waals surface area (Å²) >= 11 is 0. The van der Waals surface area contributed by atoms with Crippen LogP contribution in [0.5, 0.6) is 0 Å². The van der Waals surface area contributed by atoms with E-state index in [9.17, 15) is 4.79 Å². The number of aromatic nitrogens is 4. The maximum absolute atomic E-state index is 11.8. The summed E-state index contributed by atoms with van der Waals surface area (Å²) < 4.78 is 6.00. The molecule has 1 atom stereocenters. The summed E-state index contributed by atoms with van der Waals surface area (Å²) in [5.41, 5.74) is 5.54. The van der Waals surface area contributed by atoms with E-state index < -0.39 is 6.29 Å². The van der Waals surface area contributed by atoms with Gasteiger partial charge in [-0.1, -0.05) is 0 Å². The van der Waals surface area contributed by atoms with Crippen molar-refractivity contribution in [1.82, 2.24) is 19.7 Å². The number of nitrogens with zero attached hydrogens (tertiary/aromatic N) is 3. The highest BCUT2D eigenvalue weighted by Gasteiger charge is 2.10. The molecular formula is C8H11N5O3. The molecule has 0 radical (unpaired) electrons. The smallest absolute Gasteiger partial charge is 0.267 e. The lowest BCUT2D eigenvalue weighted by Crippen LogP contribution is -2.26. The first-order valence-electron chi connectivity index (χ1n) is 4.58. The summed E-state index contributed by atoms with van der Waals surface area (Å²) in [5, 5.41) is 15.5. The first kappa shape index (κ1) is 10.6. The molecule has 1 unspecified atom stereocenters. The molecule has 0 aliphatic heterocycles. The number of rotatable bonds is 3. The Morgan fingerprint density at radius 1 is 1.75 bits per heavy atom. The molecule has 2 rings (SSSR count). The van der Waals surface area contributed by atoms with Crippen LogP contribution >= 0.6 is 0 Å². The van der Waals surface area contributed by atoms with Crippen LogP contribution in [0.15, 0.2) is 11.0 Å². The molecule has 0 aromatic carbocycles. The molecule has 86 valence electrons. The molecule has 0 fully saturated rings. The third kappa shape index (κ3) is 1.75. The quantitative estimate of drug-likeness (QED) is 0.577. The Balaban J connectivity index is 2.47. The van der Waals surface area contributed by atoms with E-state index in [0.29, 0.717) is 11.0 Å². The van der Waals surface area contributed by atoms with Gasteiger partial charge in [-0.3, -0.25) is 14.5 Å². The molecule has 0 amide bonds. The Kier molecular flexibility index (Phi) is 2.59. The van der Waals surface area contributed by atoms with Crippen molar-refractivity contribution in [2.24, 2.45) is 0 Å². The summed E-state index contributed by atoms with van der Waals surface area (Å²) in [7, 11) is 0. The third-order valence-electron chi connectivity index (χ3n) is 2.04. The minimum atomic E-state index is -0.980. The second-order valence-electron chi connectivity index (χ2n) is 3.23. The number of nitrogens with one attached hydrogen (secondary N) is 1. The molecule has 0 bridgehead atoms. The maximum atomic E-state index is 11.8. The molecule has 4 N–H and O–H groups in total. The van der Waals surface area contributed by atoms with Crippen LogP contribution in [0.4, 0.5) is 5.95 Å². The molecule has 2 aromatic heterocycles. The molecule has 2 aromatic rings. The molecule has 0 aliphatic carbocycles.